The molecule has 0 aliphatic rings. The highest BCUT2D eigenvalue weighted by molar-refractivity contribution is 4.45. The van der Waals surface area contributed by atoms with Crippen LogP contribution in [0.25, 0.3) is 0 Å². The van der Waals surface area contributed by atoms with Crippen molar-refractivity contribution in [1.29, 1.82) is 0 Å². The monoisotopic (exact) mass is 147 g/mol. The fourth-order valence-corrected chi connectivity index (χ4v) is 0.552. The van der Waals surface area contributed by atoms with Crippen molar-refractivity contribution in [3.63, 3.8) is 0 Å². The summed E-state index contributed by atoms with van der Waals surface area (Å²) in [5.41, 5.74) is 0. The van der Waals surface area contributed by atoms with E-state index in [-0.39, 0.29) is 0 Å². The summed E-state index contributed by atoms with van der Waals surface area (Å²) >= 11 is 0. The van der Waals surface area contributed by atoms with Crippen LogP contribution >= 0.6 is 0 Å². The molecule has 1 radical (unpaired) electrons. The zero-order chi connectivity index (χ0) is 7.82. The molecule has 0 N–H and O–H groups in total. The van der Waals surface area contributed by atoms with Crippen LogP contribution in [0.3, 0.4) is 0 Å². The number of rotatable bonds is 6. The van der Waals surface area contributed by atoms with Gasteiger partial charge in [0.15, 0.2) is 0 Å². The molecule has 1 nitrogen and oxygen atoms in total. The molecule has 1 atom stereocenters. The predicted octanol–water partition coefficient (Wildman–Crippen LogP) is 2.37. The maximum Gasteiger partial charge on any atom is 0.0995 e. The maximum atomic E-state index is 12.1. The van der Waals surface area contributed by atoms with Crippen LogP contribution in [0.4, 0.5) is 4.39 Å². The second-order valence-corrected chi connectivity index (χ2v) is 2.39. The average molecular weight is 147 g/mol. The molecule has 0 aromatic rings. The number of hydrogen-bond donors (Lipinski definition) is 0. The Labute approximate surface area is 62.6 Å². The van der Waals surface area contributed by atoms with E-state index in [2.05, 4.69) is 6.92 Å². The van der Waals surface area contributed by atoms with Gasteiger partial charge in [0.25, 0.3) is 0 Å². The molecule has 0 spiro atoms. The van der Waals surface area contributed by atoms with E-state index in [9.17, 15) is 4.39 Å². The van der Waals surface area contributed by atoms with E-state index in [1.807, 2.05) is 0 Å². The van der Waals surface area contributed by atoms with E-state index >= 15 is 0 Å². The Bertz CT molecular complexity index is 64.3. The molecule has 2 heteroatoms. The van der Waals surface area contributed by atoms with Crippen LogP contribution in [-0.4, -0.2) is 19.4 Å². The standard InChI is InChI=1S/C8H16FO/c1-3-4-6-10-7-5-8(2)9/h8H,1,3-7H2,2H3. The van der Waals surface area contributed by atoms with Crippen molar-refractivity contribution in [3.8, 4) is 0 Å². The van der Waals surface area contributed by atoms with E-state index < -0.39 is 6.17 Å². The Balaban J connectivity index is 2.77. The summed E-state index contributed by atoms with van der Waals surface area (Å²) < 4.78 is 17.2. The van der Waals surface area contributed by atoms with Crippen LogP contribution in [-0.2, 0) is 4.74 Å². The molecule has 0 saturated carbocycles. The van der Waals surface area contributed by atoms with Crippen LogP contribution in [0.2, 0.25) is 0 Å². The van der Waals surface area contributed by atoms with Crippen molar-refractivity contribution in [2.45, 2.75) is 32.4 Å². The van der Waals surface area contributed by atoms with Crippen LogP contribution in [0.15, 0.2) is 0 Å². The highest BCUT2D eigenvalue weighted by Gasteiger charge is 1.95. The molecule has 0 aliphatic carbocycles. The second-order valence-electron chi connectivity index (χ2n) is 2.39. The first-order valence-electron chi connectivity index (χ1n) is 3.78. The molecule has 0 bridgehead atoms. The second kappa shape index (κ2) is 7.00. The quantitative estimate of drug-likeness (QED) is 0.524. The molecule has 1 unspecified atom stereocenters. The first kappa shape index (κ1) is 9.89. The van der Waals surface area contributed by atoms with Crippen molar-refractivity contribution in [2.75, 3.05) is 13.2 Å². The lowest BCUT2D eigenvalue weighted by atomic mass is 10.3. The minimum Gasteiger partial charge on any atom is -0.381 e. The summed E-state index contributed by atoms with van der Waals surface area (Å²) in [7, 11) is 0. The molecule has 10 heavy (non-hydrogen) atoms. The van der Waals surface area contributed by atoms with Crippen LogP contribution < -0.4 is 0 Å². The Kier molecular flexibility index (Phi) is 6.93. The van der Waals surface area contributed by atoms with Gasteiger partial charge >= 0.3 is 0 Å². The number of halogens is 1. The fraction of sp³-hybridized carbons (Fsp3) is 0.875. The number of hydrogen-bond acceptors (Lipinski definition) is 1. The van der Waals surface area contributed by atoms with E-state index in [0.717, 1.165) is 19.4 Å². The highest BCUT2D eigenvalue weighted by Crippen LogP contribution is 1.96. The fourth-order valence-electron chi connectivity index (χ4n) is 0.552. The highest BCUT2D eigenvalue weighted by atomic mass is 19.1. The Morgan fingerprint density at radius 3 is 2.70 bits per heavy atom. The third-order valence-electron chi connectivity index (χ3n) is 1.20. The Morgan fingerprint density at radius 2 is 2.20 bits per heavy atom. The molecular weight excluding hydrogens is 131 g/mol. The number of alkyl halides is 1. The molecule has 0 heterocycles. The van der Waals surface area contributed by atoms with E-state index in [0.29, 0.717) is 13.0 Å². The molecule has 0 fully saturated rings. The number of unbranched alkanes of at least 4 members (excludes halogenated alkanes) is 1. The van der Waals surface area contributed by atoms with Gasteiger partial charge in [-0.15, -0.1) is 0 Å². The first-order chi connectivity index (χ1) is 4.77. The lowest BCUT2D eigenvalue weighted by Crippen LogP contribution is -2.02. The van der Waals surface area contributed by atoms with Crippen molar-refractivity contribution in [3.05, 3.63) is 6.92 Å². The van der Waals surface area contributed by atoms with Gasteiger partial charge < -0.3 is 4.74 Å². The van der Waals surface area contributed by atoms with Gasteiger partial charge in [-0.25, -0.2) is 4.39 Å². The van der Waals surface area contributed by atoms with Crippen molar-refractivity contribution in [2.24, 2.45) is 0 Å². The van der Waals surface area contributed by atoms with Gasteiger partial charge in [0.1, 0.15) is 0 Å². The van der Waals surface area contributed by atoms with Gasteiger partial charge in [-0.3, -0.25) is 0 Å². The first-order valence-corrected chi connectivity index (χ1v) is 3.78. The predicted molar refractivity (Wildman–Crippen MR) is 40.6 cm³/mol. The summed E-state index contributed by atoms with van der Waals surface area (Å²) in [6, 6.07) is 0. The molecular formula is C8H16FO. The normalized spacial score (nSPS) is 13.5. The van der Waals surface area contributed by atoms with Crippen LogP contribution in [0.1, 0.15) is 26.2 Å². The third kappa shape index (κ3) is 7.89. The SMILES string of the molecule is [CH2]CCCOCCC(C)F. The van der Waals surface area contributed by atoms with Crippen molar-refractivity contribution >= 4 is 0 Å². The van der Waals surface area contributed by atoms with E-state index in [4.69, 9.17) is 4.74 Å². The lowest BCUT2D eigenvalue weighted by Gasteiger charge is -2.02. The van der Waals surface area contributed by atoms with Gasteiger partial charge in [-0.1, -0.05) is 13.3 Å². The molecule has 0 saturated heterocycles. The summed E-state index contributed by atoms with van der Waals surface area (Å²) in [6.45, 7) is 6.47. The van der Waals surface area contributed by atoms with Crippen LogP contribution in [0, 0.1) is 6.92 Å². The maximum absolute atomic E-state index is 12.1. The minimum absolute atomic E-state index is 0.511. The summed E-state index contributed by atoms with van der Waals surface area (Å²) in [6.07, 6.45) is 1.64. The van der Waals surface area contributed by atoms with Crippen molar-refractivity contribution in [1.82, 2.24) is 0 Å². The van der Waals surface area contributed by atoms with Gasteiger partial charge in [0.2, 0.25) is 0 Å². The Hall–Kier alpha value is -0.110. The summed E-state index contributed by atoms with van der Waals surface area (Å²) in [5.74, 6) is 0. The summed E-state index contributed by atoms with van der Waals surface area (Å²) in [5, 5.41) is 0. The molecule has 0 amide bonds. The lowest BCUT2D eigenvalue weighted by molar-refractivity contribution is 0.113. The van der Waals surface area contributed by atoms with Crippen molar-refractivity contribution < 1.29 is 9.13 Å². The Morgan fingerprint density at radius 1 is 1.50 bits per heavy atom. The molecule has 0 aliphatic heterocycles. The smallest absolute Gasteiger partial charge is 0.0995 e. The molecule has 0 rings (SSSR count). The average Bonchev–Trinajstić information content (AvgIpc) is 1.87. The topological polar surface area (TPSA) is 9.23 Å². The molecule has 0 aromatic heterocycles. The van der Waals surface area contributed by atoms with Crippen LogP contribution in [0.5, 0.6) is 0 Å². The zero-order valence-electron chi connectivity index (χ0n) is 6.61. The van der Waals surface area contributed by atoms with Gasteiger partial charge in [-0.05, 0) is 13.3 Å². The zero-order valence-corrected chi connectivity index (χ0v) is 6.61. The molecule has 0 aromatic carbocycles. The minimum atomic E-state index is -0.736. The van der Waals surface area contributed by atoms with Gasteiger partial charge in [0, 0.05) is 19.6 Å². The summed E-state index contributed by atoms with van der Waals surface area (Å²) in [4.78, 5) is 0. The van der Waals surface area contributed by atoms with E-state index in [1.54, 1.807) is 6.92 Å². The largest absolute Gasteiger partial charge is 0.381 e. The van der Waals surface area contributed by atoms with Gasteiger partial charge in [-0.2, -0.15) is 0 Å². The van der Waals surface area contributed by atoms with E-state index in [1.165, 1.54) is 0 Å². The third-order valence-corrected chi connectivity index (χ3v) is 1.20. The number of ether oxygens (including phenoxy) is 1. The molecule has 61 valence electrons. The van der Waals surface area contributed by atoms with Gasteiger partial charge in [0.05, 0.1) is 6.17 Å².